The van der Waals surface area contributed by atoms with Crippen molar-refractivity contribution in [2.24, 2.45) is 11.8 Å². The van der Waals surface area contributed by atoms with Gasteiger partial charge in [0, 0.05) is 5.88 Å². The molecule has 0 radical (unpaired) electrons. The molecule has 0 aliphatic heterocycles. The van der Waals surface area contributed by atoms with E-state index in [4.69, 9.17) is 20.6 Å². The number of hydrogen-bond acceptors (Lipinski definition) is 3. The molecular weight excluding hydrogens is 235 g/mol. The van der Waals surface area contributed by atoms with E-state index in [1.807, 2.05) is 27.7 Å². The van der Waals surface area contributed by atoms with Crippen LogP contribution in [0.5, 0.6) is 0 Å². The molecule has 0 unspecified atom stereocenters. The summed E-state index contributed by atoms with van der Waals surface area (Å²) < 4.78 is 22.8. The molecule has 0 fully saturated rings. The molecule has 0 aromatic rings. The Labute approximate surface area is 98.0 Å². The van der Waals surface area contributed by atoms with Crippen molar-refractivity contribution in [3.63, 3.8) is 0 Å². The molecular formula is C10H22ClO3P. The van der Waals surface area contributed by atoms with Crippen LogP contribution in [0.15, 0.2) is 0 Å². The van der Waals surface area contributed by atoms with Crippen molar-refractivity contribution in [3.05, 3.63) is 0 Å². The van der Waals surface area contributed by atoms with E-state index in [9.17, 15) is 4.57 Å². The molecule has 15 heavy (non-hydrogen) atoms. The smallest absolute Gasteiger partial charge is 0.308 e. The van der Waals surface area contributed by atoms with E-state index in [0.29, 0.717) is 30.9 Å². The van der Waals surface area contributed by atoms with Gasteiger partial charge in [0.1, 0.15) is 0 Å². The van der Waals surface area contributed by atoms with E-state index >= 15 is 0 Å². The summed E-state index contributed by atoms with van der Waals surface area (Å²) in [7, 11) is -2.96. The van der Waals surface area contributed by atoms with Crippen molar-refractivity contribution < 1.29 is 13.6 Å². The Balaban J connectivity index is 4.12. The maximum absolute atomic E-state index is 12.1. The zero-order chi connectivity index (χ0) is 11.9. The molecule has 0 spiro atoms. The highest BCUT2D eigenvalue weighted by Crippen LogP contribution is 2.48. The van der Waals surface area contributed by atoms with Gasteiger partial charge >= 0.3 is 7.60 Å². The first-order valence-corrected chi connectivity index (χ1v) is 7.60. The van der Waals surface area contributed by atoms with E-state index in [-0.39, 0.29) is 6.16 Å². The van der Waals surface area contributed by atoms with E-state index in [1.54, 1.807) is 0 Å². The van der Waals surface area contributed by atoms with Crippen LogP contribution in [0.1, 0.15) is 27.7 Å². The van der Waals surface area contributed by atoms with Gasteiger partial charge in [-0.15, -0.1) is 11.6 Å². The highest BCUT2D eigenvalue weighted by atomic mass is 35.5. The lowest BCUT2D eigenvalue weighted by atomic mass is 10.2. The number of hydrogen-bond donors (Lipinski definition) is 0. The first kappa shape index (κ1) is 15.4. The summed E-state index contributed by atoms with van der Waals surface area (Å²) in [6.07, 6.45) is 0.286. The third-order valence-corrected chi connectivity index (χ3v) is 3.88. The van der Waals surface area contributed by atoms with E-state index < -0.39 is 7.60 Å². The normalized spacial score (nSPS) is 12.7. The van der Waals surface area contributed by atoms with Gasteiger partial charge in [0.05, 0.1) is 19.4 Å². The van der Waals surface area contributed by atoms with Crippen LogP contribution in [-0.2, 0) is 13.6 Å². The van der Waals surface area contributed by atoms with Gasteiger partial charge < -0.3 is 9.05 Å². The van der Waals surface area contributed by atoms with Crippen LogP contribution in [0.4, 0.5) is 0 Å². The molecule has 0 aromatic carbocycles. The fourth-order valence-corrected chi connectivity index (χ4v) is 3.01. The Bertz CT molecular complexity index is 191. The first-order chi connectivity index (χ1) is 6.89. The van der Waals surface area contributed by atoms with Gasteiger partial charge in [0.15, 0.2) is 0 Å². The Morgan fingerprint density at radius 3 is 1.73 bits per heavy atom. The molecule has 0 bridgehead atoms. The summed E-state index contributed by atoms with van der Waals surface area (Å²) in [6, 6.07) is 0. The zero-order valence-electron chi connectivity index (χ0n) is 10.0. The van der Waals surface area contributed by atoms with Crippen LogP contribution in [0.25, 0.3) is 0 Å². The minimum absolute atomic E-state index is 0.286. The van der Waals surface area contributed by atoms with Crippen molar-refractivity contribution in [3.8, 4) is 0 Å². The molecule has 0 N–H and O–H groups in total. The molecule has 0 aliphatic carbocycles. The van der Waals surface area contributed by atoms with Gasteiger partial charge in [-0.25, -0.2) is 0 Å². The van der Waals surface area contributed by atoms with Gasteiger partial charge in [-0.3, -0.25) is 4.57 Å². The number of alkyl halides is 1. The maximum Gasteiger partial charge on any atom is 0.331 e. The largest absolute Gasteiger partial charge is 0.331 e. The molecule has 5 heteroatoms. The molecule has 0 aliphatic rings. The summed E-state index contributed by atoms with van der Waals surface area (Å²) in [5.74, 6) is 0.987. The zero-order valence-corrected chi connectivity index (χ0v) is 11.7. The van der Waals surface area contributed by atoms with Crippen LogP contribution >= 0.6 is 19.2 Å². The summed E-state index contributed by atoms with van der Waals surface area (Å²) in [5.41, 5.74) is 0. The van der Waals surface area contributed by atoms with Crippen molar-refractivity contribution in [1.29, 1.82) is 0 Å². The lowest BCUT2D eigenvalue weighted by Crippen LogP contribution is -2.09. The van der Waals surface area contributed by atoms with Crippen LogP contribution < -0.4 is 0 Å². The summed E-state index contributed by atoms with van der Waals surface area (Å²) in [5, 5.41) is 0. The van der Waals surface area contributed by atoms with Crippen LogP contribution in [0, 0.1) is 11.8 Å². The molecule has 0 atom stereocenters. The van der Waals surface area contributed by atoms with Crippen LogP contribution in [0.3, 0.4) is 0 Å². The summed E-state index contributed by atoms with van der Waals surface area (Å²) in [6.45, 7) is 8.93. The van der Waals surface area contributed by atoms with Gasteiger partial charge in [-0.2, -0.15) is 0 Å². The molecule has 0 heterocycles. The quantitative estimate of drug-likeness (QED) is 0.490. The number of rotatable bonds is 8. The minimum Gasteiger partial charge on any atom is -0.308 e. The topological polar surface area (TPSA) is 35.5 Å². The average molecular weight is 257 g/mol. The molecule has 0 amide bonds. The highest BCUT2D eigenvalue weighted by Gasteiger charge is 2.24. The van der Waals surface area contributed by atoms with E-state index in [0.717, 1.165) is 0 Å². The molecule has 0 aromatic heterocycles. The summed E-state index contributed by atoms with van der Waals surface area (Å²) >= 11 is 5.58. The van der Waals surface area contributed by atoms with Gasteiger partial charge in [0.2, 0.25) is 0 Å². The Kier molecular flexibility index (Phi) is 7.90. The SMILES string of the molecule is CC(C)COP(=O)(CCCl)OCC(C)C. The lowest BCUT2D eigenvalue weighted by molar-refractivity contribution is 0.174. The standard InChI is InChI=1S/C10H22ClO3P/c1-9(2)7-13-15(12,6-5-11)14-8-10(3)4/h9-10H,5-8H2,1-4H3. The Morgan fingerprint density at radius 2 is 1.47 bits per heavy atom. The Hall–Kier alpha value is 0.440. The molecule has 3 nitrogen and oxygen atoms in total. The lowest BCUT2D eigenvalue weighted by Gasteiger charge is -2.19. The minimum atomic E-state index is -2.96. The highest BCUT2D eigenvalue weighted by molar-refractivity contribution is 7.53. The predicted molar refractivity (Wildman–Crippen MR) is 64.8 cm³/mol. The van der Waals surface area contributed by atoms with Crippen molar-refractivity contribution >= 4 is 19.2 Å². The van der Waals surface area contributed by atoms with E-state index in [2.05, 4.69) is 0 Å². The second-order valence-electron chi connectivity index (χ2n) is 4.40. The van der Waals surface area contributed by atoms with Gasteiger partial charge in [0.25, 0.3) is 0 Å². The second-order valence-corrected chi connectivity index (χ2v) is 6.97. The van der Waals surface area contributed by atoms with Gasteiger partial charge in [-0.05, 0) is 11.8 Å². The molecule has 92 valence electrons. The average Bonchev–Trinajstić information content (AvgIpc) is 2.13. The fraction of sp³-hybridized carbons (Fsp3) is 1.00. The van der Waals surface area contributed by atoms with Gasteiger partial charge in [-0.1, -0.05) is 27.7 Å². The molecule has 0 saturated heterocycles. The van der Waals surface area contributed by atoms with Crippen LogP contribution in [-0.4, -0.2) is 25.3 Å². The Morgan fingerprint density at radius 1 is 1.07 bits per heavy atom. The number of halogens is 1. The molecule has 0 rings (SSSR count). The van der Waals surface area contributed by atoms with Crippen molar-refractivity contribution in [2.75, 3.05) is 25.3 Å². The van der Waals surface area contributed by atoms with E-state index in [1.165, 1.54) is 0 Å². The fourth-order valence-electron chi connectivity index (χ4n) is 0.795. The first-order valence-electron chi connectivity index (χ1n) is 5.33. The predicted octanol–water partition coefficient (Wildman–Crippen LogP) is 3.76. The monoisotopic (exact) mass is 256 g/mol. The maximum atomic E-state index is 12.1. The van der Waals surface area contributed by atoms with Crippen molar-refractivity contribution in [1.82, 2.24) is 0 Å². The summed E-state index contributed by atoms with van der Waals surface area (Å²) in [4.78, 5) is 0. The third-order valence-electron chi connectivity index (χ3n) is 1.57. The van der Waals surface area contributed by atoms with Crippen molar-refractivity contribution in [2.45, 2.75) is 27.7 Å². The van der Waals surface area contributed by atoms with Crippen LogP contribution in [0.2, 0.25) is 0 Å². The second kappa shape index (κ2) is 7.67. The third kappa shape index (κ3) is 8.27. The molecule has 0 saturated carbocycles.